The van der Waals surface area contributed by atoms with Crippen molar-refractivity contribution < 1.29 is 4.79 Å². The molecule has 2 rings (SSSR count). The maximum absolute atomic E-state index is 11.0. The highest BCUT2D eigenvalue weighted by atomic mass is 16.1. The van der Waals surface area contributed by atoms with E-state index in [-0.39, 0.29) is 11.9 Å². The van der Waals surface area contributed by atoms with E-state index in [2.05, 4.69) is 22.3 Å². The lowest BCUT2D eigenvalue weighted by Crippen LogP contribution is -2.31. The lowest BCUT2D eigenvalue weighted by molar-refractivity contribution is -0.119. The number of amides is 1. The van der Waals surface area contributed by atoms with Gasteiger partial charge in [0.1, 0.15) is 0 Å². The summed E-state index contributed by atoms with van der Waals surface area (Å²) in [5, 5.41) is 6.96. The number of nitrogens with one attached hydrogen (secondary N) is 1. The van der Waals surface area contributed by atoms with E-state index in [4.69, 9.17) is 0 Å². The third-order valence-corrected chi connectivity index (χ3v) is 3.00. The quantitative estimate of drug-likeness (QED) is 0.873. The molecule has 0 aliphatic carbocycles. The fourth-order valence-corrected chi connectivity index (χ4v) is 2.11. The van der Waals surface area contributed by atoms with Gasteiger partial charge in [0.25, 0.3) is 0 Å². The van der Waals surface area contributed by atoms with Crippen molar-refractivity contribution in [1.29, 1.82) is 0 Å². The molecular weight excluding hydrogens is 262 g/mol. The number of rotatable bonds is 3. The maximum atomic E-state index is 11.0. The van der Waals surface area contributed by atoms with Crippen LogP contribution in [0.25, 0.3) is 0 Å². The second-order valence-electron chi connectivity index (χ2n) is 5.16. The van der Waals surface area contributed by atoms with Crippen LogP contribution in [0.3, 0.4) is 0 Å². The monoisotopic (exact) mass is 281 g/mol. The van der Waals surface area contributed by atoms with Gasteiger partial charge in [0.05, 0.1) is 11.8 Å². The molecule has 0 bridgehead atoms. The fourth-order valence-electron chi connectivity index (χ4n) is 2.11. The van der Waals surface area contributed by atoms with Crippen molar-refractivity contribution in [3.63, 3.8) is 0 Å². The summed E-state index contributed by atoms with van der Waals surface area (Å²) in [5.41, 5.74) is 3.05. The minimum atomic E-state index is 0.00135. The van der Waals surface area contributed by atoms with E-state index >= 15 is 0 Å². The minimum absolute atomic E-state index is 0.00135. The van der Waals surface area contributed by atoms with Gasteiger partial charge in [-0.2, -0.15) is 5.10 Å². The molecule has 2 aromatic rings. The van der Waals surface area contributed by atoms with Crippen LogP contribution in [-0.4, -0.2) is 21.7 Å². The second-order valence-corrected chi connectivity index (χ2v) is 5.16. The number of benzene rings is 1. The zero-order valence-electron chi connectivity index (χ0n) is 12.6. The lowest BCUT2D eigenvalue weighted by Gasteiger charge is -2.12. The van der Waals surface area contributed by atoms with Crippen LogP contribution in [-0.2, 0) is 18.3 Å². The molecule has 1 unspecified atom stereocenters. The highest BCUT2D eigenvalue weighted by Crippen LogP contribution is 2.06. The predicted molar refractivity (Wildman–Crippen MR) is 82.6 cm³/mol. The van der Waals surface area contributed by atoms with Gasteiger partial charge in [-0.15, -0.1) is 0 Å². The van der Waals surface area contributed by atoms with E-state index in [1.54, 1.807) is 10.9 Å². The molecule has 1 heterocycles. The van der Waals surface area contributed by atoms with Crippen molar-refractivity contribution in [1.82, 2.24) is 15.1 Å². The van der Waals surface area contributed by atoms with Crippen LogP contribution in [0.5, 0.6) is 0 Å². The number of aromatic nitrogens is 2. The topological polar surface area (TPSA) is 46.9 Å². The molecule has 1 aromatic carbocycles. The van der Waals surface area contributed by atoms with Gasteiger partial charge in [0.2, 0.25) is 5.91 Å². The molecule has 0 fully saturated rings. The molecule has 0 saturated carbocycles. The molecule has 0 aliphatic heterocycles. The first-order chi connectivity index (χ1) is 10.0. The van der Waals surface area contributed by atoms with Gasteiger partial charge in [0.15, 0.2) is 0 Å². The third kappa shape index (κ3) is 4.81. The van der Waals surface area contributed by atoms with Crippen LogP contribution in [0.4, 0.5) is 0 Å². The van der Waals surface area contributed by atoms with Crippen LogP contribution < -0.4 is 5.32 Å². The Kier molecular flexibility index (Phi) is 4.78. The molecule has 1 aromatic heterocycles. The van der Waals surface area contributed by atoms with Crippen molar-refractivity contribution in [3.05, 3.63) is 53.3 Å². The summed E-state index contributed by atoms with van der Waals surface area (Å²) in [4.78, 5) is 11.0. The Bertz CT molecular complexity index is 674. The maximum Gasteiger partial charge on any atom is 0.217 e. The summed E-state index contributed by atoms with van der Waals surface area (Å²) in [7, 11) is 1.87. The van der Waals surface area contributed by atoms with Gasteiger partial charge in [-0.3, -0.25) is 9.48 Å². The second kappa shape index (κ2) is 6.76. The molecule has 108 valence electrons. The highest BCUT2D eigenvalue weighted by molar-refractivity contribution is 5.73. The first-order valence-electron chi connectivity index (χ1n) is 6.89. The summed E-state index contributed by atoms with van der Waals surface area (Å²) < 4.78 is 1.73. The molecular formula is C17H19N3O. The zero-order valence-corrected chi connectivity index (χ0v) is 12.6. The Labute approximate surface area is 125 Å². The Balaban J connectivity index is 1.99. The van der Waals surface area contributed by atoms with E-state index < -0.39 is 0 Å². The van der Waals surface area contributed by atoms with E-state index in [0.29, 0.717) is 0 Å². The Morgan fingerprint density at radius 1 is 1.29 bits per heavy atom. The van der Waals surface area contributed by atoms with E-state index in [1.807, 2.05) is 44.4 Å². The van der Waals surface area contributed by atoms with Crippen LogP contribution in [0, 0.1) is 11.8 Å². The van der Waals surface area contributed by atoms with Gasteiger partial charge >= 0.3 is 0 Å². The summed E-state index contributed by atoms with van der Waals surface area (Å²) in [6, 6.07) is 8.23. The molecule has 0 spiro atoms. The van der Waals surface area contributed by atoms with Crippen LogP contribution in [0.2, 0.25) is 0 Å². The molecule has 4 nitrogen and oxygen atoms in total. The van der Waals surface area contributed by atoms with Crippen molar-refractivity contribution in [2.45, 2.75) is 26.3 Å². The number of carbonyl (C=O) groups is 1. The number of aryl methyl sites for hydroxylation is 1. The summed E-state index contributed by atoms with van der Waals surface area (Å²) >= 11 is 0. The molecule has 1 amide bonds. The molecule has 0 saturated heterocycles. The lowest BCUT2D eigenvalue weighted by atomic mass is 10.1. The van der Waals surface area contributed by atoms with Crippen LogP contribution in [0.15, 0.2) is 36.7 Å². The van der Waals surface area contributed by atoms with Gasteiger partial charge in [0, 0.05) is 31.8 Å². The summed E-state index contributed by atoms with van der Waals surface area (Å²) in [6.07, 6.45) is 4.45. The number of nitrogens with zero attached hydrogens (tertiary/aromatic N) is 2. The predicted octanol–water partition coefficient (Wildman–Crippen LogP) is 1.89. The Morgan fingerprint density at radius 2 is 1.95 bits per heavy atom. The van der Waals surface area contributed by atoms with Gasteiger partial charge in [-0.1, -0.05) is 24.0 Å². The smallest absolute Gasteiger partial charge is 0.217 e. The molecule has 0 radical (unpaired) electrons. The normalized spacial score (nSPS) is 11.4. The number of hydrogen-bond donors (Lipinski definition) is 1. The van der Waals surface area contributed by atoms with E-state index in [9.17, 15) is 4.79 Å². The standard InChI is InChI=1S/C17H19N3O/c1-13(19-14(2)21)10-16-7-4-15(5-8-16)6-9-17-11-18-20(3)12-17/h4-5,7-8,11-13H,10H2,1-3H3,(H,19,21). The molecule has 1 N–H and O–H groups in total. The number of carbonyl (C=O) groups excluding carboxylic acids is 1. The van der Waals surface area contributed by atoms with Crippen LogP contribution in [0.1, 0.15) is 30.5 Å². The molecule has 0 aliphatic rings. The largest absolute Gasteiger partial charge is 0.354 e. The zero-order chi connectivity index (χ0) is 15.2. The average molecular weight is 281 g/mol. The average Bonchev–Trinajstić information content (AvgIpc) is 2.83. The van der Waals surface area contributed by atoms with Crippen molar-refractivity contribution in [2.75, 3.05) is 0 Å². The first kappa shape index (κ1) is 14.9. The van der Waals surface area contributed by atoms with Crippen molar-refractivity contribution in [2.24, 2.45) is 7.05 Å². The Morgan fingerprint density at radius 3 is 2.52 bits per heavy atom. The van der Waals surface area contributed by atoms with Gasteiger partial charge < -0.3 is 5.32 Å². The SMILES string of the molecule is CC(=O)NC(C)Cc1ccc(C#Cc2cnn(C)c2)cc1. The minimum Gasteiger partial charge on any atom is -0.354 e. The van der Waals surface area contributed by atoms with Gasteiger partial charge in [-0.25, -0.2) is 0 Å². The van der Waals surface area contributed by atoms with Crippen LogP contribution >= 0.6 is 0 Å². The first-order valence-corrected chi connectivity index (χ1v) is 6.89. The van der Waals surface area contributed by atoms with Crippen molar-refractivity contribution >= 4 is 5.91 Å². The molecule has 4 heteroatoms. The van der Waals surface area contributed by atoms with E-state index in [0.717, 1.165) is 17.5 Å². The highest BCUT2D eigenvalue weighted by Gasteiger charge is 2.04. The van der Waals surface area contributed by atoms with E-state index in [1.165, 1.54) is 12.5 Å². The summed E-state index contributed by atoms with van der Waals surface area (Å²) in [5.74, 6) is 6.19. The third-order valence-electron chi connectivity index (χ3n) is 3.00. The Hall–Kier alpha value is -2.54. The molecule has 21 heavy (non-hydrogen) atoms. The van der Waals surface area contributed by atoms with Gasteiger partial charge in [-0.05, 0) is 31.0 Å². The summed E-state index contributed by atoms with van der Waals surface area (Å²) in [6.45, 7) is 3.53. The molecule has 1 atom stereocenters. The van der Waals surface area contributed by atoms with Crippen molar-refractivity contribution in [3.8, 4) is 11.8 Å². The number of hydrogen-bond acceptors (Lipinski definition) is 2. The fraction of sp³-hybridized carbons (Fsp3) is 0.294.